The molecule has 0 saturated heterocycles. The fourth-order valence-electron chi connectivity index (χ4n) is 6.41. The van der Waals surface area contributed by atoms with E-state index in [2.05, 4.69) is 27.7 Å². The molecule has 0 unspecified atom stereocenters. The van der Waals surface area contributed by atoms with Gasteiger partial charge >= 0.3 is 11.9 Å². The molecule has 4 nitrogen and oxygen atoms in total. The summed E-state index contributed by atoms with van der Waals surface area (Å²) in [6.45, 7) is 16.1. The third-order valence-electron chi connectivity index (χ3n) is 10.0. The first-order valence-electron chi connectivity index (χ1n) is 23.0. The third-order valence-corrected chi connectivity index (χ3v) is 10.0. The largest absolute Gasteiger partial charge is 0.466 e. The van der Waals surface area contributed by atoms with Crippen molar-refractivity contribution in [1.82, 2.24) is 0 Å². The number of esters is 2. The summed E-state index contributed by atoms with van der Waals surface area (Å²) in [5.74, 6) is 0.813. The Hall–Kier alpha value is -1.06. The van der Waals surface area contributed by atoms with Crippen LogP contribution < -0.4 is 0 Å². The van der Waals surface area contributed by atoms with Crippen molar-refractivity contribution in [3.8, 4) is 0 Å². The Labute approximate surface area is 321 Å². The second-order valence-electron chi connectivity index (χ2n) is 17.1. The number of carbonyl (C=O) groups is 2. The Kier molecular flexibility index (Phi) is 42.5. The minimum Gasteiger partial charge on any atom is -0.466 e. The summed E-state index contributed by atoms with van der Waals surface area (Å²) in [5.41, 5.74) is -0.367. The van der Waals surface area contributed by atoms with Crippen LogP contribution in [-0.2, 0) is 19.1 Å². The fourth-order valence-corrected chi connectivity index (χ4v) is 6.41. The van der Waals surface area contributed by atoms with Crippen molar-refractivity contribution in [2.45, 2.75) is 267 Å². The van der Waals surface area contributed by atoms with Crippen LogP contribution >= 0.6 is 0 Å². The lowest BCUT2D eigenvalue weighted by atomic mass is 9.97. The fraction of sp³-hybridized carbons (Fsp3) is 0.957. The van der Waals surface area contributed by atoms with Gasteiger partial charge in [0.1, 0.15) is 0 Å². The highest BCUT2D eigenvalue weighted by molar-refractivity contribution is 5.75. The predicted octanol–water partition coefficient (Wildman–Crippen LogP) is 16.1. The van der Waals surface area contributed by atoms with E-state index >= 15 is 0 Å². The summed E-state index contributed by atoms with van der Waals surface area (Å²) >= 11 is 0. The summed E-state index contributed by atoms with van der Waals surface area (Å²) in [6.07, 6.45) is 44.5. The third kappa shape index (κ3) is 46.9. The van der Waals surface area contributed by atoms with Crippen LogP contribution in [0.15, 0.2) is 0 Å². The molecule has 0 atom stereocenters. The predicted molar refractivity (Wildman–Crippen MR) is 225 cm³/mol. The van der Waals surface area contributed by atoms with Crippen molar-refractivity contribution in [1.29, 1.82) is 0 Å². The van der Waals surface area contributed by atoms with E-state index < -0.39 is 0 Å². The Morgan fingerprint density at radius 1 is 0.412 bits per heavy atom. The van der Waals surface area contributed by atoms with Crippen LogP contribution in [0.3, 0.4) is 0 Å². The smallest absolute Gasteiger partial charge is 0.311 e. The van der Waals surface area contributed by atoms with E-state index in [0.717, 1.165) is 25.2 Å². The number of ether oxygens (including phenoxy) is 2. The maximum atomic E-state index is 11.7. The molecule has 0 aliphatic heterocycles. The van der Waals surface area contributed by atoms with Gasteiger partial charge in [-0.05, 0) is 46.0 Å². The normalized spacial score (nSPS) is 11.5. The van der Waals surface area contributed by atoms with Crippen LogP contribution in [0.5, 0.6) is 0 Å². The molecule has 306 valence electrons. The highest BCUT2D eigenvalue weighted by atomic mass is 16.5. The average Bonchev–Trinajstić information content (AvgIpc) is 3.09. The van der Waals surface area contributed by atoms with Crippen molar-refractivity contribution in [2.75, 3.05) is 13.2 Å². The molecule has 0 N–H and O–H groups in total. The van der Waals surface area contributed by atoms with Gasteiger partial charge in [-0.2, -0.15) is 0 Å². The molecule has 0 rings (SSSR count). The minimum absolute atomic E-state index is 0.0154. The van der Waals surface area contributed by atoms with Crippen LogP contribution in [0.1, 0.15) is 267 Å². The van der Waals surface area contributed by atoms with Gasteiger partial charge in [-0.15, -0.1) is 0 Å². The molecule has 51 heavy (non-hydrogen) atoms. The van der Waals surface area contributed by atoms with Gasteiger partial charge in [0.25, 0.3) is 0 Å². The van der Waals surface area contributed by atoms with Gasteiger partial charge in [0, 0.05) is 6.42 Å². The zero-order chi connectivity index (χ0) is 38.1. The Bertz CT molecular complexity index is 695. The second-order valence-corrected chi connectivity index (χ2v) is 17.1. The van der Waals surface area contributed by atoms with Crippen molar-refractivity contribution in [3.05, 3.63) is 0 Å². The van der Waals surface area contributed by atoms with Crippen molar-refractivity contribution >= 4 is 11.9 Å². The van der Waals surface area contributed by atoms with E-state index in [1.807, 2.05) is 20.8 Å². The van der Waals surface area contributed by atoms with Gasteiger partial charge in [-0.3, -0.25) is 9.59 Å². The van der Waals surface area contributed by atoms with Crippen molar-refractivity contribution in [3.63, 3.8) is 0 Å². The van der Waals surface area contributed by atoms with Crippen LogP contribution in [-0.4, -0.2) is 25.2 Å². The molecule has 0 aromatic heterocycles. The molecule has 0 aromatic carbocycles. The second kappa shape index (κ2) is 41.7. The summed E-state index contributed by atoms with van der Waals surface area (Å²) in [5, 5.41) is 0. The summed E-state index contributed by atoms with van der Waals surface area (Å²) in [4.78, 5) is 23.3. The minimum atomic E-state index is -0.367. The zero-order valence-corrected chi connectivity index (χ0v) is 36.2. The number of hydrogen-bond donors (Lipinski definition) is 0. The van der Waals surface area contributed by atoms with Gasteiger partial charge in [-0.1, -0.05) is 220 Å². The van der Waals surface area contributed by atoms with E-state index in [1.54, 1.807) is 0 Å². The van der Waals surface area contributed by atoms with E-state index in [0.29, 0.717) is 19.6 Å². The molecule has 0 saturated carbocycles. The topological polar surface area (TPSA) is 52.6 Å². The average molecular weight is 723 g/mol. The SMILES string of the molecule is CC(C)CCCCCCCCCCCCCCCOC(=O)C(C)(C)C.CCCCCCCCCCCCCCCC(=O)OCCCCCCCC. The molecule has 0 spiro atoms. The Morgan fingerprint density at radius 3 is 1.04 bits per heavy atom. The molecule has 0 bridgehead atoms. The molecule has 0 aliphatic carbocycles. The lowest BCUT2D eigenvalue weighted by Crippen LogP contribution is -2.23. The van der Waals surface area contributed by atoms with Gasteiger partial charge in [0.2, 0.25) is 0 Å². The zero-order valence-electron chi connectivity index (χ0n) is 36.2. The summed E-state index contributed by atoms with van der Waals surface area (Å²) in [6, 6.07) is 0. The van der Waals surface area contributed by atoms with Crippen LogP contribution in [0, 0.1) is 11.3 Å². The van der Waals surface area contributed by atoms with Gasteiger partial charge in [-0.25, -0.2) is 0 Å². The van der Waals surface area contributed by atoms with E-state index in [1.165, 1.54) is 193 Å². The molecule has 4 heteroatoms. The van der Waals surface area contributed by atoms with Crippen LogP contribution in [0.4, 0.5) is 0 Å². The molecule has 0 amide bonds. The number of unbranched alkanes of at least 4 members (excludes halogenated alkanes) is 29. The van der Waals surface area contributed by atoms with Gasteiger partial charge in [0.05, 0.1) is 18.6 Å². The molecule has 0 heterocycles. The summed E-state index contributed by atoms with van der Waals surface area (Å²) in [7, 11) is 0. The molecule has 0 radical (unpaired) electrons. The van der Waals surface area contributed by atoms with Gasteiger partial charge < -0.3 is 9.47 Å². The molecule has 0 aliphatic rings. The monoisotopic (exact) mass is 723 g/mol. The quantitative estimate of drug-likeness (QED) is 0.0473. The molecule has 0 fully saturated rings. The first-order chi connectivity index (χ1) is 24.6. The standard InChI is InChI=1S/C24H48O2.C23H46O2/c1-3-5-7-9-11-12-13-14-15-16-17-18-20-22-24(25)26-23-21-19-10-8-6-4-2;1-21(2)19-17-15-13-11-9-7-6-8-10-12-14-16-18-20-25-22(24)23(3,4)5/h3-23H2,1-2H3;21H,6-20H2,1-5H3. The molecular weight excluding hydrogens is 629 g/mol. The molecular formula is C47H94O4. The van der Waals surface area contributed by atoms with Crippen LogP contribution in [0.25, 0.3) is 0 Å². The number of rotatable bonds is 37. The Morgan fingerprint density at radius 2 is 0.706 bits per heavy atom. The van der Waals surface area contributed by atoms with E-state index in [4.69, 9.17) is 9.47 Å². The van der Waals surface area contributed by atoms with E-state index in [-0.39, 0.29) is 17.4 Å². The van der Waals surface area contributed by atoms with Gasteiger partial charge in [0.15, 0.2) is 0 Å². The highest BCUT2D eigenvalue weighted by Gasteiger charge is 2.22. The van der Waals surface area contributed by atoms with Crippen molar-refractivity contribution < 1.29 is 19.1 Å². The lowest BCUT2D eigenvalue weighted by Gasteiger charge is -2.16. The summed E-state index contributed by atoms with van der Waals surface area (Å²) < 4.78 is 10.6. The van der Waals surface area contributed by atoms with E-state index in [9.17, 15) is 9.59 Å². The molecule has 0 aromatic rings. The Balaban J connectivity index is 0. The maximum absolute atomic E-state index is 11.7. The first-order valence-corrected chi connectivity index (χ1v) is 23.0. The maximum Gasteiger partial charge on any atom is 0.311 e. The lowest BCUT2D eigenvalue weighted by molar-refractivity contribution is -0.153. The van der Waals surface area contributed by atoms with Crippen molar-refractivity contribution in [2.24, 2.45) is 11.3 Å². The first kappa shape index (κ1) is 52.0. The van der Waals surface area contributed by atoms with Crippen LogP contribution in [0.2, 0.25) is 0 Å². The highest BCUT2D eigenvalue weighted by Crippen LogP contribution is 2.17. The number of hydrogen-bond acceptors (Lipinski definition) is 4. The number of carbonyl (C=O) groups excluding carboxylic acids is 2.